The van der Waals surface area contributed by atoms with Crippen LogP contribution in [0.15, 0.2) is 35.4 Å². The van der Waals surface area contributed by atoms with Crippen molar-refractivity contribution >= 4 is 11.4 Å². The molecule has 0 fully saturated rings. The molecule has 2 aromatic rings. The second-order valence-corrected chi connectivity index (χ2v) is 15.3. The van der Waals surface area contributed by atoms with E-state index in [1.54, 1.807) is 15.8 Å². The molecule has 1 aliphatic heterocycles. The zero-order chi connectivity index (χ0) is 36.3. The van der Waals surface area contributed by atoms with E-state index in [4.69, 9.17) is 0 Å². The van der Waals surface area contributed by atoms with E-state index in [-0.39, 0.29) is 35.3 Å². The van der Waals surface area contributed by atoms with Gasteiger partial charge in [-0.25, -0.2) is 4.70 Å². The van der Waals surface area contributed by atoms with E-state index in [0.717, 1.165) is 75.6 Å². The first-order valence-corrected chi connectivity index (χ1v) is 21.7. The van der Waals surface area contributed by atoms with Crippen LogP contribution in [0.4, 0.5) is 0 Å². The first-order valence-electron chi connectivity index (χ1n) is 21.7. The summed E-state index contributed by atoms with van der Waals surface area (Å²) in [4.78, 5) is 0. The van der Waals surface area contributed by atoms with Crippen LogP contribution in [0, 0.1) is 14.9 Å². The minimum atomic E-state index is 0. The number of benzene rings is 2. The number of allylic oxidation sites excluding steroid dienone is 2. The van der Waals surface area contributed by atoms with Gasteiger partial charge in [0.2, 0.25) is 11.4 Å². The van der Waals surface area contributed by atoms with Crippen molar-refractivity contribution in [2.45, 2.75) is 209 Å². The summed E-state index contributed by atoms with van der Waals surface area (Å²) in [5, 5.41) is 0. The van der Waals surface area contributed by atoms with Crippen LogP contribution in [-0.4, -0.2) is 4.70 Å². The van der Waals surface area contributed by atoms with Gasteiger partial charge in [0.15, 0.2) is 0 Å². The molecule has 0 aliphatic carbocycles. The quantitative estimate of drug-likeness (QED) is 0.0513. The predicted octanol–water partition coefficient (Wildman–Crippen LogP) is 16.2. The molecule has 0 bridgehead atoms. The summed E-state index contributed by atoms with van der Waals surface area (Å²) in [5.41, 5.74) is 29.5. The van der Waals surface area contributed by atoms with Crippen LogP contribution >= 0.6 is 0 Å². The van der Waals surface area contributed by atoms with Gasteiger partial charge in [-0.2, -0.15) is 0 Å². The van der Waals surface area contributed by atoms with E-state index in [1.807, 2.05) is 0 Å². The second kappa shape index (κ2) is 28.6. The largest absolute Gasteiger partial charge is 2.00 e. The zero-order valence-corrected chi connectivity index (χ0v) is 38.0. The van der Waals surface area contributed by atoms with E-state index < -0.39 is 0 Å². The van der Waals surface area contributed by atoms with Crippen molar-refractivity contribution in [2.24, 2.45) is 0 Å². The molecule has 0 amide bonds. The normalized spacial score (nSPS) is 12.6. The summed E-state index contributed by atoms with van der Waals surface area (Å²) < 4.78 is 1.69. The average molecular weight is 818 g/mol. The van der Waals surface area contributed by atoms with Crippen molar-refractivity contribution in [1.82, 2.24) is 0 Å². The third-order valence-electron chi connectivity index (χ3n) is 11.1. The molecule has 0 unspecified atom stereocenters. The van der Waals surface area contributed by atoms with Gasteiger partial charge in [-0.15, -0.1) is 0 Å². The SMILES string of the molecule is CCCCC1=C(c2cc(CCCC)c(CCCC)c(CCCC)c2)[N+](=[N-])C(c2cc(CCCC)c(CCCC)c(CCCC)c2)=C1CCCC.[CH3-].[CH3-].[Pd+2]. The molecule has 0 aromatic heterocycles. The van der Waals surface area contributed by atoms with Crippen molar-refractivity contribution in [3.05, 3.63) is 100 Å². The van der Waals surface area contributed by atoms with Crippen molar-refractivity contribution < 1.29 is 25.1 Å². The molecule has 0 spiro atoms. The van der Waals surface area contributed by atoms with E-state index in [2.05, 4.69) is 79.7 Å². The van der Waals surface area contributed by atoms with E-state index in [0.29, 0.717) is 0 Å². The molecule has 0 radical (unpaired) electrons. The Bertz CT molecular complexity index is 1250. The maximum atomic E-state index is 12.7. The van der Waals surface area contributed by atoms with Crippen LogP contribution in [0.25, 0.3) is 16.9 Å². The molecule has 0 saturated carbocycles. The Morgan fingerprint density at radius 2 is 0.604 bits per heavy atom. The Morgan fingerprint density at radius 1 is 0.377 bits per heavy atom. The van der Waals surface area contributed by atoms with E-state index in [9.17, 15) is 5.53 Å². The predicted molar refractivity (Wildman–Crippen MR) is 234 cm³/mol. The Morgan fingerprint density at radius 3 is 0.849 bits per heavy atom. The van der Waals surface area contributed by atoms with Gasteiger partial charge in [-0.1, -0.05) is 107 Å². The first kappa shape index (κ1) is 51.2. The van der Waals surface area contributed by atoms with Crippen LogP contribution in [0.2, 0.25) is 0 Å². The van der Waals surface area contributed by atoms with Gasteiger partial charge in [0.25, 0.3) is 0 Å². The number of aryl methyl sites for hydroxylation is 4. The van der Waals surface area contributed by atoms with Crippen LogP contribution in [0.5, 0.6) is 0 Å². The monoisotopic (exact) mass is 817 g/mol. The minimum Gasteiger partial charge on any atom is -0.493 e. The molecule has 1 heterocycles. The van der Waals surface area contributed by atoms with Crippen LogP contribution < -0.4 is 0 Å². The molecule has 3 rings (SSSR count). The van der Waals surface area contributed by atoms with Crippen molar-refractivity contribution in [2.75, 3.05) is 0 Å². The van der Waals surface area contributed by atoms with Crippen LogP contribution in [-0.2, 0) is 58.9 Å². The topological polar surface area (TPSA) is 25.3 Å². The standard InChI is InChI=1S/C48H76N2.2CH3.Pd/c1-9-17-25-37-33-41(34-38(26-18-10-2)43(37)29-21-13-5)47-45(31-23-15-7)46(32-24-16-8)48(50(47)49)42-35-39(27-19-11-3)44(30-22-14-6)40(36-42)28-20-12-4;;;/h33-36H,9-32H2,1-8H3;2*1H3;/q;2*-1;+2. The van der Waals surface area contributed by atoms with Crippen molar-refractivity contribution in [3.63, 3.8) is 0 Å². The maximum Gasteiger partial charge on any atom is 2.00 e. The number of hydrogen-bond acceptors (Lipinski definition) is 0. The average Bonchev–Trinajstić information content (AvgIpc) is 3.41. The smallest absolute Gasteiger partial charge is 0.493 e. The van der Waals surface area contributed by atoms with E-state index >= 15 is 0 Å². The molecule has 302 valence electrons. The molecule has 1 aliphatic rings. The second-order valence-electron chi connectivity index (χ2n) is 15.3. The Balaban J connectivity index is 0.00000901. The molecule has 3 heteroatoms. The van der Waals surface area contributed by atoms with Crippen LogP contribution in [0.3, 0.4) is 0 Å². The first-order chi connectivity index (χ1) is 24.4. The summed E-state index contributed by atoms with van der Waals surface area (Å²) >= 11 is 0. The van der Waals surface area contributed by atoms with Gasteiger partial charge in [0.05, 0.1) is 0 Å². The van der Waals surface area contributed by atoms with Gasteiger partial charge in [-0.05, 0) is 160 Å². The van der Waals surface area contributed by atoms with Gasteiger partial charge < -0.3 is 20.4 Å². The van der Waals surface area contributed by atoms with Crippen molar-refractivity contribution in [1.29, 1.82) is 0 Å². The fourth-order valence-corrected chi connectivity index (χ4v) is 8.07. The Kier molecular flexibility index (Phi) is 27.6. The number of hydrogen-bond donors (Lipinski definition) is 0. The van der Waals surface area contributed by atoms with E-state index in [1.165, 1.54) is 134 Å². The molecule has 0 saturated heterocycles. The Labute approximate surface area is 344 Å². The summed E-state index contributed by atoms with van der Waals surface area (Å²) in [6, 6.07) is 10.0. The van der Waals surface area contributed by atoms with Gasteiger partial charge in [0.1, 0.15) is 0 Å². The van der Waals surface area contributed by atoms with Gasteiger partial charge in [-0.3, -0.25) is 0 Å². The fourth-order valence-electron chi connectivity index (χ4n) is 8.07. The zero-order valence-electron chi connectivity index (χ0n) is 36.5. The molecule has 53 heavy (non-hydrogen) atoms. The number of unbranched alkanes of at least 4 members (excludes halogenated alkanes) is 8. The third kappa shape index (κ3) is 14.3. The number of nitrogens with zero attached hydrogens (tertiary/aromatic N) is 2. The maximum absolute atomic E-state index is 12.7. The summed E-state index contributed by atoms with van der Waals surface area (Å²) in [7, 11) is 0. The Hall–Kier alpha value is -1.82. The fraction of sp³-hybridized carbons (Fsp3) is 0.640. The molecule has 2 aromatic carbocycles. The number of rotatable bonds is 26. The molecular weight excluding hydrogens is 735 g/mol. The van der Waals surface area contributed by atoms with Crippen LogP contribution in [0.1, 0.15) is 215 Å². The van der Waals surface area contributed by atoms with Gasteiger partial charge >= 0.3 is 20.4 Å². The minimum absolute atomic E-state index is 0. The third-order valence-corrected chi connectivity index (χ3v) is 11.1. The summed E-state index contributed by atoms with van der Waals surface area (Å²) in [5.74, 6) is 0. The van der Waals surface area contributed by atoms with Crippen molar-refractivity contribution in [3.8, 4) is 0 Å². The molecular formula is C50H82N2Pd. The van der Waals surface area contributed by atoms with Gasteiger partial charge in [0, 0.05) is 22.3 Å². The summed E-state index contributed by atoms with van der Waals surface area (Å²) in [6.07, 6.45) is 28.2. The summed E-state index contributed by atoms with van der Waals surface area (Å²) in [6.45, 7) is 18.5. The molecule has 2 nitrogen and oxygen atoms in total. The molecule has 0 atom stereocenters. The molecule has 0 N–H and O–H groups in total.